The molecule has 0 bridgehead atoms. The molecule has 0 amide bonds. The van der Waals surface area contributed by atoms with Gasteiger partial charge >= 0.3 is 0 Å². The molecular weight excluding hydrogens is 232 g/mol. The van der Waals surface area contributed by atoms with Gasteiger partial charge in [-0.1, -0.05) is 48.5 Å². The van der Waals surface area contributed by atoms with Crippen molar-refractivity contribution in [2.24, 2.45) is 0 Å². The van der Waals surface area contributed by atoms with Crippen molar-refractivity contribution in [1.29, 1.82) is 0 Å². The Kier molecular flexibility index (Phi) is 4.39. The van der Waals surface area contributed by atoms with Crippen LogP contribution in [0.1, 0.15) is 35.1 Å². The normalized spacial score (nSPS) is 14.1. The second-order valence-corrected chi connectivity index (χ2v) is 5.38. The lowest BCUT2D eigenvalue weighted by atomic mass is 9.87. The number of benzene rings is 2. The topological polar surface area (TPSA) is 20.2 Å². The van der Waals surface area contributed by atoms with Crippen LogP contribution in [-0.4, -0.2) is 11.2 Å². The highest BCUT2D eigenvalue weighted by Gasteiger charge is 2.17. The van der Waals surface area contributed by atoms with Crippen LogP contribution >= 0.6 is 0 Å². The van der Waals surface area contributed by atoms with Gasteiger partial charge in [0.05, 0.1) is 6.10 Å². The first-order valence-corrected chi connectivity index (χ1v) is 6.87. The largest absolute Gasteiger partial charge is 0.393 e. The maximum absolute atomic E-state index is 10.1. The summed E-state index contributed by atoms with van der Waals surface area (Å²) < 4.78 is 0. The molecule has 2 rings (SSSR count). The lowest BCUT2D eigenvalue weighted by Gasteiger charge is -2.21. The van der Waals surface area contributed by atoms with Gasteiger partial charge in [0.25, 0.3) is 0 Å². The van der Waals surface area contributed by atoms with Crippen molar-refractivity contribution in [3.8, 4) is 0 Å². The Morgan fingerprint density at radius 2 is 1.63 bits per heavy atom. The van der Waals surface area contributed by atoms with Crippen LogP contribution in [-0.2, 0) is 6.42 Å². The maximum atomic E-state index is 10.1. The minimum absolute atomic E-state index is 0.156. The molecule has 0 unspecified atom stereocenters. The smallest absolute Gasteiger partial charge is 0.0583 e. The number of hydrogen-bond acceptors (Lipinski definition) is 1. The summed E-state index contributed by atoms with van der Waals surface area (Å²) in [5, 5.41) is 10.1. The van der Waals surface area contributed by atoms with Crippen LogP contribution in [0.2, 0.25) is 0 Å². The minimum Gasteiger partial charge on any atom is -0.393 e. The SMILES string of the molecule is Cc1ccc(C[C@H](c2ccccc2)[C@H](C)O)cc1C. The predicted molar refractivity (Wildman–Crippen MR) is 80.5 cm³/mol. The van der Waals surface area contributed by atoms with E-state index in [1.807, 2.05) is 25.1 Å². The molecule has 1 heteroatoms. The summed E-state index contributed by atoms with van der Waals surface area (Å²) in [6.07, 6.45) is 0.534. The van der Waals surface area contributed by atoms with Gasteiger partial charge in [0, 0.05) is 5.92 Å². The molecule has 0 aliphatic heterocycles. The summed E-state index contributed by atoms with van der Waals surface area (Å²) in [4.78, 5) is 0. The van der Waals surface area contributed by atoms with Gasteiger partial charge in [0.2, 0.25) is 0 Å². The third-order valence-corrected chi connectivity index (χ3v) is 3.84. The van der Waals surface area contributed by atoms with Crippen LogP contribution < -0.4 is 0 Å². The third kappa shape index (κ3) is 3.45. The fourth-order valence-electron chi connectivity index (χ4n) is 2.45. The molecule has 1 nitrogen and oxygen atoms in total. The second kappa shape index (κ2) is 6.03. The van der Waals surface area contributed by atoms with Gasteiger partial charge in [-0.15, -0.1) is 0 Å². The molecule has 0 saturated carbocycles. The fourth-order valence-corrected chi connectivity index (χ4v) is 2.45. The first kappa shape index (κ1) is 13.8. The standard InChI is InChI=1S/C18H22O/c1-13-9-10-16(11-14(13)2)12-18(15(3)19)17-7-5-4-6-8-17/h4-11,15,18-19H,12H2,1-3H3/t15-,18-/m0/s1. The van der Waals surface area contributed by atoms with E-state index in [1.54, 1.807) is 0 Å². The molecule has 0 aliphatic rings. The number of aryl methyl sites for hydroxylation is 2. The first-order chi connectivity index (χ1) is 9.08. The Hall–Kier alpha value is -1.60. The third-order valence-electron chi connectivity index (χ3n) is 3.84. The quantitative estimate of drug-likeness (QED) is 0.874. The van der Waals surface area contributed by atoms with Gasteiger partial charge in [-0.25, -0.2) is 0 Å². The summed E-state index contributed by atoms with van der Waals surface area (Å²) >= 11 is 0. The molecule has 2 aromatic carbocycles. The van der Waals surface area contributed by atoms with E-state index >= 15 is 0 Å². The van der Waals surface area contributed by atoms with Gasteiger partial charge in [0.15, 0.2) is 0 Å². The molecule has 0 heterocycles. The monoisotopic (exact) mass is 254 g/mol. The van der Waals surface area contributed by atoms with E-state index in [0.717, 1.165) is 6.42 Å². The predicted octanol–water partition coefficient (Wildman–Crippen LogP) is 4.01. The van der Waals surface area contributed by atoms with E-state index in [-0.39, 0.29) is 12.0 Å². The summed E-state index contributed by atoms with van der Waals surface area (Å²) in [7, 11) is 0. The van der Waals surface area contributed by atoms with Crippen LogP contribution in [0.4, 0.5) is 0 Å². The molecule has 0 radical (unpaired) electrons. The lowest BCUT2D eigenvalue weighted by Crippen LogP contribution is -2.17. The van der Waals surface area contributed by atoms with E-state index in [1.165, 1.54) is 22.3 Å². The average Bonchev–Trinajstić information content (AvgIpc) is 2.40. The van der Waals surface area contributed by atoms with Crippen molar-refractivity contribution in [2.45, 2.75) is 39.2 Å². The number of aliphatic hydroxyl groups excluding tert-OH is 1. The number of rotatable bonds is 4. The maximum Gasteiger partial charge on any atom is 0.0583 e. The Bertz CT molecular complexity index is 529. The van der Waals surface area contributed by atoms with Gasteiger partial charge in [-0.2, -0.15) is 0 Å². The molecular formula is C18H22O. The number of hydrogen-bond donors (Lipinski definition) is 1. The van der Waals surface area contributed by atoms with Gasteiger partial charge in [-0.3, -0.25) is 0 Å². The van der Waals surface area contributed by atoms with Crippen LogP contribution in [0.25, 0.3) is 0 Å². The zero-order valence-corrected chi connectivity index (χ0v) is 11.9. The number of aliphatic hydroxyl groups is 1. The van der Waals surface area contributed by atoms with Crippen LogP contribution in [0.5, 0.6) is 0 Å². The highest BCUT2D eigenvalue weighted by atomic mass is 16.3. The van der Waals surface area contributed by atoms with Gasteiger partial charge in [0.1, 0.15) is 0 Å². The zero-order chi connectivity index (χ0) is 13.8. The summed E-state index contributed by atoms with van der Waals surface area (Å²) in [5.41, 5.74) is 5.13. The van der Waals surface area contributed by atoms with E-state index in [0.29, 0.717) is 0 Å². The van der Waals surface area contributed by atoms with Gasteiger partial charge in [-0.05, 0) is 49.4 Å². The van der Waals surface area contributed by atoms with Crippen molar-refractivity contribution in [2.75, 3.05) is 0 Å². The Labute approximate surface area is 115 Å². The molecule has 0 fully saturated rings. The summed E-state index contributed by atoms with van der Waals surface area (Å²) in [5.74, 6) is 0.156. The van der Waals surface area contributed by atoms with Crippen molar-refractivity contribution in [1.82, 2.24) is 0 Å². The Morgan fingerprint density at radius 3 is 2.21 bits per heavy atom. The van der Waals surface area contributed by atoms with Crippen molar-refractivity contribution >= 4 is 0 Å². The van der Waals surface area contributed by atoms with Crippen molar-refractivity contribution in [3.63, 3.8) is 0 Å². The van der Waals surface area contributed by atoms with E-state index < -0.39 is 0 Å². The minimum atomic E-state index is -0.344. The van der Waals surface area contributed by atoms with Crippen molar-refractivity contribution < 1.29 is 5.11 Å². The van der Waals surface area contributed by atoms with Crippen LogP contribution in [0, 0.1) is 13.8 Å². The summed E-state index contributed by atoms with van der Waals surface area (Å²) in [6.45, 7) is 6.14. The first-order valence-electron chi connectivity index (χ1n) is 6.87. The van der Waals surface area contributed by atoms with Crippen LogP contribution in [0.3, 0.4) is 0 Å². The molecule has 0 saturated heterocycles. The molecule has 0 aromatic heterocycles. The molecule has 100 valence electrons. The van der Waals surface area contributed by atoms with E-state index in [2.05, 4.69) is 44.2 Å². The second-order valence-electron chi connectivity index (χ2n) is 5.38. The van der Waals surface area contributed by atoms with Crippen LogP contribution in [0.15, 0.2) is 48.5 Å². The molecule has 0 aliphatic carbocycles. The fraction of sp³-hybridized carbons (Fsp3) is 0.333. The molecule has 0 spiro atoms. The van der Waals surface area contributed by atoms with Gasteiger partial charge < -0.3 is 5.11 Å². The Balaban J connectivity index is 2.24. The molecule has 1 N–H and O–H groups in total. The van der Waals surface area contributed by atoms with Crippen molar-refractivity contribution in [3.05, 3.63) is 70.8 Å². The molecule has 19 heavy (non-hydrogen) atoms. The molecule has 2 aromatic rings. The van der Waals surface area contributed by atoms with E-state index in [4.69, 9.17) is 0 Å². The Morgan fingerprint density at radius 1 is 0.947 bits per heavy atom. The van der Waals surface area contributed by atoms with E-state index in [9.17, 15) is 5.11 Å². The zero-order valence-electron chi connectivity index (χ0n) is 11.9. The average molecular weight is 254 g/mol. The highest BCUT2D eigenvalue weighted by Crippen LogP contribution is 2.25. The highest BCUT2D eigenvalue weighted by molar-refractivity contribution is 5.32. The lowest BCUT2D eigenvalue weighted by molar-refractivity contribution is 0.161. The molecule has 2 atom stereocenters. The summed E-state index contributed by atoms with van der Waals surface area (Å²) in [6, 6.07) is 16.8.